The van der Waals surface area contributed by atoms with Gasteiger partial charge in [0.15, 0.2) is 0 Å². The summed E-state index contributed by atoms with van der Waals surface area (Å²) in [5, 5.41) is 3.06. The van der Waals surface area contributed by atoms with Crippen molar-refractivity contribution in [3.05, 3.63) is 66.0 Å². The van der Waals surface area contributed by atoms with Crippen molar-refractivity contribution in [2.24, 2.45) is 0 Å². The second kappa shape index (κ2) is 9.06. The molecule has 3 heterocycles. The van der Waals surface area contributed by atoms with Crippen LogP contribution >= 0.6 is 0 Å². The van der Waals surface area contributed by atoms with Crippen molar-refractivity contribution in [3.63, 3.8) is 0 Å². The Morgan fingerprint density at radius 1 is 1.03 bits per heavy atom. The molecule has 1 amide bonds. The van der Waals surface area contributed by atoms with Gasteiger partial charge in [0.1, 0.15) is 0 Å². The number of nitrogens with one attached hydrogen (secondary N) is 1. The maximum absolute atomic E-state index is 13.9. The van der Waals surface area contributed by atoms with E-state index in [0.717, 1.165) is 31.4 Å². The van der Waals surface area contributed by atoms with Crippen molar-refractivity contribution in [3.8, 4) is 0 Å². The van der Waals surface area contributed by atoms with Crippen molar-refractivity contribution in [2.45, 2.75) is 69.4 Å². The van der Waals surface area contributed by atoms with Crippen molar-refractivity contribution in [1.29, 1.82) is 0 Å². The van der Waals surface area contributed by atoms with Crippen LogP contribution in [0.5, 0.6) is 0 Å². The first-order valence-corrected chi connectivity index (χ1v) is 11.9. The van der Waals surface area contributed by atoms with E-state index in [1.165, 1.54) is 11.5 Å². The lowest BCUT2D eigenvalue weighted by Crippen LogP contribution is -2.45. The number of rotatable bonds is 6. The Morgan fingerprint density at radius 2 is 1.68 bits per heavy atom. The fraction of sp³-hybridized carbons (Fsp3) is 0.462. The molecule has 0 spiro atoms. The molecule has 5 nitrogen and oxygen atoms in total. The van der Waals surface area contributed by atoms with E-state index < -0.39 is 12.0 Å². The normalized spacial score (nSPS) is 23.8. The molecular weight excluding hydrogens is 441 g/mol. The Morgan fingerprint density at radius 3 is 2.32 bits per heavy atom. The molecule has 2 bridgehead atoms. The minimum Gasteiger partial charge on any atom is -0.349 e. The lowest BCUT2D eigenvalue weighted by atomic mass is 9.95. The Bertz CT molecular complexity index is 1150. The Kier molecular flexibility index (Phi) is 6.10. The number of alkyl halides is 3. The van der Waals surface area contributed by atoms with E-state index in [4.69, 9.17) is 0 Å². The van der Waals surface area contributed by atoms with Gasteiger partial charge in [0.2, 0.25) is 11.7 Å². The van der Waals surface area contributed by atoms with Crippen molar-refractivity contribution in [1.82, 2.24) is 19.8 Å². The minimum atomic E-state index is -4.49. The van der Waals surface area contributed by atoms with Crippen LogP contribution in [0.1, 0.15) is 62.5 Å². The summed E-state index contributed by atoms with van der Waals surface area (Å²) in [5.41, 5.74) is 2.02. The largest absolute Gasteiger partial charge is 0.449 e. The van der Waals surface area contributed by atoms with Crippen LogP contribution in [0.2, 0.25) is 0 Å². The summed E-state index contributed by atoms with van der Waals surface area (Å²) in [6.45, 7) is 2.33. The third kappa shape index (κ3) is 4.43. The van der Waals surface area contributed by atoms with E-state index in [2.05, 4.69) is 15.2 Å². The van der Waals surface area contributed by atoms with Crippen LogP contribution in [0.3, 0.4) is 0 Å². The van der Waals surface area contributed by atoms with Gasteiger partial charge in [-0.2, -0.15) is 13.2 Å². The molecule has 4 atom stereocenters. The fourth-order valence-electron chi connectivity index (χ4n) is 5.97. The SMILES string of the molecule is CC(=O)N[C@@H](CCN1[C@@H]2CC[C@H]1CC(n1c(C(F)(F)F)nc3ccccc31)C2)c1ccccc1. The van der Waals surface area contributed by atoms with E-state index in [1.54, 1.807) is 24.3 Å². The number of hydrogen-bond acceptors (Lipinski definition) is 3. The zero-order chi connectivity index (χ0) is 23.9. The van der Waals surface area contributed by atoms with Gasteiger partial charge in [0.05, 0.1) is 17.1 Å². The summed E-state index contributed by atoms with van der Waals surface area (Å²) in [5.74, 6) is -0.858. The van der Waals surface area contributed by atoms with Crippen LogP contribution in [-0.4, -0.2) is 39.0 Å². The predicted octanol–water partition coefficient (Wildman–Crippen LogP) is 5.49. The van der Waals surface area contributed by atoms with Gasteiger partial charge in [-0.05, 0) is 49.8 Å². The highest BCUT2D eigenvalue weighted by Gasteiger charge is 2.45. The van der Waals surface area contributed by atoms with Crippen molar-refractivity contribution < 1.29 is 18.0 Å². The zero-order valence-electron chi connectivity index (χ0n) is 19.1. The molecule has 0 saturated carbocycles. The molecule has 8 heteroatoms. The molecule has 1 unspecified atom stereocenters. The summed E-state index contributed by atoms with van der Waals surface area (Å²) < 4.78 is 43.1. The van der Waals surface area contributed by atoms with Gasteiger partial charge < -0.3 is 9.88 Å². The molecule has 1 N–H and O–H groups in total. The van der Waals surface area contributed by atoms with Crippen LogP contribution in [-0.2, 0) is 11.0 Å². The lowest BCUT2D eigenvalue weighted by molar-refractivity contribution is -0.148. The molecule has 2 aliphatic heterocycles. The number of benzene rings is 2. The number of halogens is 3. The second-order valence-corrected chi connectivity index (χ2v) is 9.49. The highest BCUT2D eigenvalue weighted by Crippen LogP contribution is 2.44. The molecule has 2 fully saturated rings. The lowest BCUT2D eigenvalue weighted by Gasteiger charge is -2.40. The maximum Gasteiger partial charge on any atom is 0.449 e. The first-order valence-electron chi connectivity index (χ1n) is 11.9. The zero-order valence-corrected chi connectivity index (χ0v) is 19.1. The molecule has 180 valence electrons. The number of amides is 1. The van der Waals surface area contributed by atoms with Crippen molar-refractivity contribution in [2.75, 3.05) is 6.54 Å². The molecular formula is C26H29F3N4O. The predicted molar refractivity (Wildman–Crippen MR) is 124 cm³/mol. The number of hydrogen-bond donors (Lipinski definition) is 1. The first-order chi connectivity index (χ1) is 16.3. The Balaban J connectivity index is 1.35. The molecule has 1 aromatic heterocycles. The molecule has 0 radical (unpaired) electrons. The average molecular weight is 471 g/mol. The highest BCUT2D eigenvalue weighted by atomic mass is 19.4. The maximum atomic E-state index is 13.9. The minimum absolute atomic E-state index is 0.0674. The highest BCUT2D eigenvalue weighted by molar-refractivity contribution is 5.76. The van der Waals surface area contributed by atoms with Gasteiger partial charge >= 0.3 is 6.18 Å². The molecule has 34 heavy (non-hydrogen) atoms. The third-order valence-electron chi connectivity index (χ3n) is 7.33. The van der Waals surface area contributed by atoms with E-state index in [-0.39, 0.29) is 30.1 Å². The van der Waals surface area contributed by atoms with E-state index >= 15 is 0 Å². The molecule has 2 saturated heterocycles. The standard InChI is InChI=1S/C26H29F3N4O/c1-17(34)30-22(18-7-3-2-4-8-18)13-14-32-19-11-12-20(32)16-21(15-19)33-24-10-6-5-9-23(24)31-25(33)26(27,28)29/h2-10,19-22H,11-16H2,1H3,(H,30,34)/t19-,20+,21?,22-/m0/s1. The number of piperidine rings is 1. The van der Waals surface area contributed by atoms with Crippen LogP contribution in [0, 0.1) is 0 Å². The number of fused-ring (bicyclic) bond motifs is 3. The fourth-order valence-corrected chi connectivity index (χ4v) is 5.97. The molecule has 0 aliphatic carbocycles. The topological polar surface area (TPSA) is 50.2 Å². The van der Waals surface area contributed by atoms with Crippen LogP contribution in [0.4, 0.5) is 13.2 Å². The summed E-state index contributed by atoms with van der Waals surface area (Å²) in [7, 11) is 0. The van der Waals surface area contributed by atoms with E-state index in [9.17, 15) is 18.0 Å². The van der Waals surface area contributed by atoms with Crippen LogP contribution in [0.15, 0.2) is 54.6 Å². The number of imidazole rings is 1. The van der Waals surface area contributed by atoms with E-state index in [0.29, 0.717) is 23.9 Å². The smallest absolute Gasteiger partial charge is 0.349 e. The van der Waals surface area contributed by atoms with Crippen molar-refractivity contribution >= 4 is 16.9 Å². The molecule has 2 aliphatic rings. The van der Waals surface area contributed by atoms with Gasteiger partial charge in [0.25, 0.3) is 0 Å². The molecule has 2 aromatic carbocycles. The van der Waals surface area contributed by atoms with Crippen LogP contribution < -0.4 is 5.32 Å². The monoisotopic (exact) mass is 470 g/mol. The number of carbonyl (C=O) groups excluding carboxylic acids is 1. The number of para-hydroxylation sites is 2. The van der Waals surface area contributed by atoms with Gasteiger partial charge in [-0.3, -0.25) is 9.69 Å². The summed E-state index contributed by atoms with van der Waals surface area (Å²) in [6.07, 6.45) is -0.387. The Labute approximate surface area is 197 Å². The summed E-state index contributed by atoms with van der Waals surface area (Å²) in [6, 6.07) is 17.0. The van der Waals surface area contributed by atoms with Crippen LogP contribution in [0.25, 0.3) is 11.0 Å². The second-order valence-electron chi connectivity index (χ2n) is 9.49. The van der Waals surface area contributed by atoms with Gasteiger partial charge in [-0.1, -0.05) is 42.5 Å². The number of nitrogens with zero attached hydrogens (tertiary/aromatic N) is 3. The van der Waals surface area contributed by atoms with Gasteiger partial charge in [0, 0.05) is 31.6 Å². The molecule has 5 rings (SSSR count). The van der Waals surface area contributed by atoms with Gasteiger partial charge in [-0.25, -0.2) is 4.98 Å². The van der Waals surface area contributed by atoms with Gasteiger partial charge in [-0.15, -0.1) is 0 Å². The average Bonchev–Trinajstić information content (AvgIpc) is 3.31. The number of carbonyl (C=O) groups is 1. The Hall–Kier alpha value is -2.87. The summed E-state index contributed by atoms with van der Waals surface area (Å²) >= 11 is 0. The number of aromatic nitrogens is 2. The quantitative estimate of drug-likeness (QED) is 0.518. The van der Waals surface area contributed by atoms with E-state index in [1.807, 2.05) is 30.3 Å². The molecule has 3 aromatic rings. The summed E-state index contributed by atoms with van der Waals surface area (Å²) in [4.78, 5) is 18.2. The third-order valence-corrected chi connectivity index (χ3v) is 7.33. The first kappa shape index (κ1) is 22.9.